The van der Waals surface area contributed by atoms with Gasteiger partial charge in [-0.05, 0) is 49.9 Å². The molecule has 27 heavy (non-hydrogen) atoms. The van der Waals surface area contributed by atoms with E-state index >= 15 is 0 Å². The number of nitrogens with zero attached hydrogens (tertiary/aromatic N) is 1. The number of hydrogen-bond donors (Lipinski definition) is 3. The lowest BCUT2D eigenvalue weighted by Crippen LogP contribution is -2.47. The van der Waals surface area contributed by atoms with Crippen LogP contribution in [0, 0.1) is 5.92 Å². The third-order valence-corrected chi connectivity index (χ3v) is 5.01. The molecule has 1 saturated heterocycles. The van der Waals surface area contributed by atoms with Gasteiger partial charge >= 0.3 is 0 Å². The standard InChI is InChI=1S/C20H30N4O3/c1-22-17-8-6-15(7-9-17)5-3-2-4-10-23-12-19(26)24-13-16(14-25)11-18(24)20(21)27/h6-9,14,16,18,22-23H,2-5,10-13H2,1H3,(H2,21,27). The fourth-order valence-electron chi connectivity index (χ4n) is 3.40. The maximum Gasteiger partial charge on any atom is 0.240 e. The summed E-state index contributed by atoms with van der Waals surface area (Å²) in [6.07, 6.45) is 5.34. The van der Waals surface area contributed by atoms with Crippen LogP contribution in [0.15, 0.2) is 24.3 Å². The van der Waals surface area contributed by atoms with Gasteiger partial charge in [-0.2, -0.15) is 0 Å². The summed E-state index contributed by atoms with van der Waals surface area (Å²) in [5, 5.41) is 6.23. The predicted octanol–water partition coefficient (Wildman–Crippen LogP) is 0.932. The zero-order chi connectivity index (χ0) is 19.6. The third-order valence-electron chi connectivity index (χ3n) is 5.01. The molecule has 2 rings (SSSR count). The van der Waals surface area contributed by atoms with Crippen molar-refractivity contribution >= 4 is 23.8 Å². The van der Waals surface area contributed by atoms with Crippen molar-refractivity contribution in [3.8, 4) is 0 Å². The van der Waals surface area contributed by atoms with E-state index in [9.17, 15) is 14.4 Å². The van der Waals surface area contributed by atoms with Crippen LogP contribution in [0.4, 0.5) is 5.69 Å². The summed E-state index contributed by atoms with van der Waals surface area (Å²) in [5.74, 6) is -1.02. The summed E-state index contributed by atoms with van der Waals surface area (Å²) in [5.41, 5.74) is 7.79. The van der Waals surface area contributed by atoms with Crippen LogP contribution in [-0.2, 0) is 20.8 Å². The second kappa shape index (κ2) is 10.7. The zero-order valence-electron chi connectivity index (χ0n) is 15.9. The van der Waals surface area contributed by atoms with Crippen molar-refractivity contribution in [2.75, 3.05) is 32.0 Å². The number of rotatable bonds is 11. The van der Waals surface area contributed by atoms with E-state index in [-0.39, 0.29) is 24.9 Å². The van der Waals surface area contributed by atoms with Gasteiger partial charge in [0.15, 0.2) is 0 Å². The molecule has 2 amide bonds. The van der Waals surface area contributed by atoms with Gasteiger partial charge in [0.2, 0.25) is 11.8 Å². The average molecular weight is 374 g/mol. The summed E-state index contributed by atoms with van der Waals surface area (Å²) < 4.78 is 0. The molecule has 0 aliphatic carbocycles. The van der Waals surface area contributed by atoms with Crippen molar-refractivity contribution in [1.29, 1.82) is 0 Å². The van der Waals surface area contributed by atoms with Gasteiger partial charge < -0.3 is 26.1 Å². The molecule has 1 aromatic carbocycles. The third kappa shape index (κ3) is 6.36. The highest BCUT2D eigenvalue weighted by molar-refractivity contribution is 5.88. The van der Waals surface area contributed by atoms with Crippen LogP contribution in [0.25, 0.3) is 0 Å². The quantitative estimate of drug-likeness (QED) is 0.395. The lowest BCUT2D eigenvalue weighted by Gasteiger charge is -2.22. The smallest absolute Gasteiger partial charge is 0.240 e. The van der Waals surface area contributed by atoms with E-state index in [1.165, 1.54) is 10.5 Å². The highest BCUT2D eigenvalue weighted by atomic mass is 16.2. The van der Waals surface area contributed by atoms with Crippen LogP contribution in [0.3, 0.4) is 0 Å². The number of hydrogen-bond acceptors (Lipinski definition) is 5. The first kappa shape index (κ1) is 20.9. The molecule has 2 unspecified atom stereocenters. The van der Waals surface area contributed by atoms with Gasteiger partial charge in [-0.1, -0.05) is 18.6 Å². The Bertz CT molecular complexity index is 633. The molecule has 1 aromatic rings. The molecule has 0 aromatic heterocycles. The average Bonchev–Trinajstić information content (AvgIpc) is 3.12. The number of primary amides is 1. The Labute approximate surface area is 160 Å². The van der Waals surface area contributed by atoms with Crippen molar-refractivity contribution in [1.82, 2.24) is 10.2 Å². The number of likely N-dealkylation sites (tertiary alicyclic amines) is 1. The Morgan fingerprint density at radius 2 is 1.96 bits per heavy atom. The van der Waals surface area contributed by atoms with Crippen LogP contribution in [0.5, 0.6) is 0 Å². The number of anilines is 1. The minimum atomic E-state index is -0.663. The lowest BCUT2D eigenvalue weighted by molar-refractivity contribution is -0.136. The topological polar surface area (TPSA) is 105 Å². The van der Waals surface area contributed by atoms with Gasteiger partial charge in [0.25, 0.3) is 0 Å². The minimum absolute atomic E-state index is 0.167. The highest BCUT2D eigenvalue weighted by Crippen LogP contribution is 2.21. The van der Waals surface area contributed by atoms with Crippen molar-refractivity contribution in [2.45, 2.75) is 38.1 Å². The number of carbonyl (C=O) groups excluding carboxylic acids is 3. The number of nitrogens with two attached hydrogens (primary N) is 1. The number of nitrogens with one attached hydrogen (secondary N) is 2. The van der Waals surface area contributed by atoms with Crippen molar-refractivity contribution in [3.63, 3.8) is 0 Å². The maximum absolute atomic E-state index is 12.3. The van der Waals surface area contributed by atoms with Gasteiger partial charge in [-0.3, -0.25) is 9.59 Å². The number of unbranched alkanes of at least 4 members (excludes halogenated alkanes) is 2. The molecule has 0 radical (unpaired) electrons. The van der Waals surface area contributed by atoms with Gasteiger partial charge in [-0.15, -0.1) is 0 Å². The van der Waals surface area contributed by atoms with Crippen molar-refractivity contribution in [2.24, 2.45) is 11.7 Å². The molecular weight excluding hydrogens is 344 g/mol. The fourth-order valence-corrected chi connectivity index (χ4v) is 3.40. The second-order valence-corrected chi connectivity index (χ2v) is 7.03. The summed E-state index contributed by atoms with van der Waals surface area (Å²) in [6.45, 7) is 1.20. The molecule has 1 fully saturated rings. The van der Waals surface area contributed by atoms with E-state index < -0.39 is 11.9 Å². The fraction of sp³-hybridized carbons (Fsp3) is 0.550. The van der Waals surface area contributed by atoms with Crippen molar-refractivity contribution in [3.05, 3.63) is 29.8 Å². The first-order valence-corrected chi connectivity index (χ1v) is 9.56. The van der Waals surface area contributed by atoms with E-state index in [1.54, 1.807) is 0 Å². The Morgan fingerprint density at radius 3 is 2.59 bits per heavy atom. The molecule has 7 heteroatoms. The normalized spacial score (nSPS) is 19.1. The molecule has 2 atom stereocenters. The number of benzene rings is 1. The molecule has 4 N–H and O–H groups in total. The van der Waals surface area contributed by atoms with Crippen LogP contribution in [0.2, 0.25) is 0 Å². The van der Waals surface area contributed by atoms with Gasteiger partial charge in [0, 0.05) is 25.2 Å². The monoisotopic (exact) mass is 374 g/mol. The Balaban J connectivity index is 1.59. The number of amides is 2. The minimum Gasteiger partial charge on any atom is -0.388 e. The summed E-state index contributed by atoms with van der Waals surface area (Å²) in [6, 6.07) is 7.77. The largest absolute Gasteiger partial charge is 0.388 e. The molecular formula is C20H30N4O3. The predicted molar refractivity (Wildman–Crippen MR) is 105 cm³/mol. The molecule has 0 spiro atoms. The van der Waals surface area contributed by atoms with Gasteiger partial charge in [0.1, 0.15) is 12.3 Å². The molecule has 1 aliphatic rings. The first-order valence-electron chi connectivity index (χ1n) is 9.56. The first-order chi connectivity index (χ1) is 13.0. The summed E-state index contributed by atoms with van der Waals surface area (Å²) in [7, 11) is 1.91. The van der Waals surface area contributed by atoms with E-state index in [2.05, 4.69) is 34.9 Å². The molecule has 1 aliphatic heterocycles. The van der Waals surface area contributed by atoms with Crippen LogP contribution < -0.4 is 16.4 Å². The molecule has 0 saturated carbocycles. The molecule has 1 heterocycles. The van der Waals surface area contributed by atoms with Crippen LogP contribution >= 0.6 is 0 Å². The second-order valence-electron chi connectivity index (χ2n) is 7.03. The van der Waals surface area contributed by atoms with E-state index in [4.69, 9.17) is 5.73 Å². The van der Waals surface area contributed by atoms with E-state index in [0.717, 1.165) is 44.2 Å². The Hall–Kier alpha value is -2.41. The van der Waals surface area contributed by atoms with E-state index in [1.807, 2.05) is 7.05 Å². The summed E-state index contributed by atoms with van der Waals surface area (Å²) >= 11 is 0. The van der Waals surface area contributed by atoms with Crippen LogP contribution in [0.1, 0.15) is 31.2 Å². The zero-order valence-corrected chi connectivity index (χ0v) is 15.9. The maximum atomic E-state index is 12.3. The van der Waals surface area contributed by atoms with Gasteiger partial charge in [-0.25, -0.2) is 0 Å². The Morgan fingerprint density at radius 1 is 1.22 bits per heavy atom. The van der Waals surface area contributed by atoms with E-state index in [0.29, 0.717) is 6.42 Å². The van der Waals surface area contributed by atoms with Crippen LogP contribution in [-0.4, -0.2) is 55.7 Å². The van der Waals surface area contributed by atoms with Gasteiger partial charge in [0.05, 0.1) is 6.54 Å². The number of aryl methyl sites for hydroxylation is 1. The molecule has 7 nitrogen and oxygen atoms in total. The SMILES string of the molecule is CNc1ccc(CCCCCNCC(=O)N2CC(C=O)CC2C(N)=O)cc1. The number of carbonyl (C=O) groups is 3. The highest BCUT2D eigenvalue weighted by Gasteiger charge is 2.37. The molecule has 0 bridgehead atoms. The number of aldehydes is 1. The summed E-state index contributed by atoms with van der Waals surface area (Å²) in [4.78, 5) is 36.1. The van der Waals surface area contributed by atoms with Crippen molar-refractivity contribution < 1.29 is 14.4 Å². The lowest BCUT2D eigenvalue weighted by atomic mass is 10.1. The molecule has 148 valence electrons. The Kier molecular flexibility index (Phi) is 8.26.